The van der Waals surface area contributed by atoms with E-state index in [2.05, 4.69) is 22.3 Å². The van der Waals surface area contributed by atoms with Crippen molar-refractivity contribution in [2.45, 2.75) is 12.5 Å². The molecule has 7 heteroatoms. The summed E-state index contributed by atoms with van der Waals surface area (Å²) in [5, 5.41) is 2.85. The van der Waals surface area contributed by atoms with E-state index in [4.69, 9.17) is 9.47 Å². The Labute approximate surface area is 198 Å². The molecule has 0 radical (unpaired) electrons. The van der Waals surface area contributed by atoms with Crippen LogP contribution in [0.5, 0.6) is 11.5 Å². The highest BCUT2D eigenvalue weighted by molar-refractivity contribution is 6.10. The lowest BCUT2D eigenvalue weighted by molar-refractivity contribution is -0.123. The first-order chi connectivity index (χ1) is 16.6. The van der Waals surface area contributed by atoms with Gasteiger partial charge in [0.05, 0.1) is 38.2 Å². The summed E-state index contributed by atoms with van der Waals surface area (Å²) in [7, 11) is 3.27. The van der Waals surface area contributed by atoms with Crippen molar-refractivity contribution in [2.24, 2.45) is 0 Å². The number of hydrogen-bond donors (Lipinski definition) is 1. The highest BCUT2D eigenvalue weighted by Crippen LogP contribution is 2.41. The van der Waals surface area contributed by atoms with Gasteiger partial charge in [-0.25, -0.2) is 0 Å². The highest BCUT2D eigenvalue weighted by Gasteiger charge is 2.34. The van der Waals surface area contributed by atoms with Gasteiger partial charge < -0.3 is 14.8 Å². The second-order valence-corrected chi connectivity index (χ2v) is 8.48. The van der Waals surface area contributed by atoms with Gasteiger partial charge in [0.1, 0.15) is 6.54 Å². The Balaban J connectivity index is 1.51. The summed E-state index contributed by atoms with van der Waals surface area (Å²) in [6, 6.07) is 21.5. The molecule has 7 nitrogen and oxygen atoms in total. The van der Waals surface area contributed by atoms with Crippen molar-refractivity contribution in [3.63, 3.8) is 0 Å². The van der Waals surface area contributed by atoms with Crippen LogP contribution in [0.25, 0.3) is 0 Å². The molecule has 174 valence electrons. The number of carbonyl (C=O) groups is 2. The van der Waals surface area contributed by atoms with Crippen molar-refractivity contribution in [1.29, 1.82) is 0 Å². The standard InChI is InChI=1S/C27H27N3O4/c1-33-23-14-19-12-13-29(27(18-8-4-3-5-9-18)20(19)15-24(23)34-2)17-26(32)30-16-25(31)28-21-10-6-7-11-22(21)30/h3-11,14-15,27H,12-13,16-17H2,1-2H3,(H,28,31). The number of anilines is 2. The maximum atomic E-state index is 13.5. The minimum absolute atomic E-state index is 0.0152. The monoisotopic (exact) mass is 457 g/mol. The molecule has 0 aromatic heterocycles. The van der Waals surface area contributed by atoms with E-state index in [1.807, 2.05) is 54.6 Å². The summed E-state index contributed by atoms with van der Waals surface area (Å²) in [5.74, 6) is 1.07. The van der Waals surface area contributed by atoms with Gasteiger partial charge in [-0.2, -0.15) is 0 Å². The molecule has 1 atom stereocenters. The number of ether oxygens (including phenoxy) is 2. The molecule has 0 bridgehead atoms. The Kier molecular flexibility index (Phi) is 5.94. The molecular formula is C27H27N3O4. The molecule has 0 saturated heterocycles. The highest BCUT2D eigenvalue weighted by atomic mass is 16.5. The number of amides is 2. The van der Waals surface area contributed by atoms with E-state index < -0.39 is 0 Å². The minimum Gasteiger partial charge on any atom is -0.493 e. The summed E-state index contributed by atoms with van der Waals surface area (Å²) in [4.78, 5) is 29.6. The first-order valence-corrected chi connectivity index (χ1v) is 11.3. The third-order valence-corrected chi connectivity index (χ3v) is 6.50. The second kappa shape index (κ2) is 9.19. The third kappa shape index (κ3) is 3.99. The van der Waals surface area contributed by atoms with Gasteiger partial charge in [0.25, 0.3) is 0 Å². The van der Waals surface area contributed by atoms with E-state index in [0.29, 0.717) is 23.7 Å². The van der Waals surface area contributed by atoms with Crippen LogP contribution in [0.15, 0.2) is 66.7 Å². The van der Waals surface area contributed by atoms with Gasteiger partial charge in [0.15, 0.2) is 11.5 Å². The van der Waals surface area contributed by atoms with Crippen molar-refractivity contribution in [3.05, 3.63) is 83.4 Å². The van der Waals surface area contributed by atoms with Gasteiger partial charge in [0.2, 0.25) is 11.8 Å². The Morgan fingerprint density at radius 1 is 1.00 bits per heavy atom. The van der Waals surface area contributed by atoms with Gasteiger partial charge in [-0.15, -0.1) is 0 Å². The molecule has 0 saturated carbocycles. The van der Waals surface area contributed by atoms with Crippen LogP contribution in [0.3, 0.4) is 0 Å². The van der Waals surface area contributed by atoms with E-state index in [-0.39, 0.29) is 30.9 Å². The van der Waals surface area contributed by atoms with E-state index in [9.17, 15) is 9.59 Å². The van der Waals surface area contributed by atoms with Crippen LogP contribution >= 0.6 is 0 Å². The van der Waals surface area contributed by atoms with E-state index >= 15 is 0 Å². The van der Waals surface area contributed by atoms with Crippen LogP contribution in [0.4, 0.5) is 11.4 Å². The van der Waals surface area contributed by atoms with Crippen molar-refractivity contribution in [2.75, 3.05) is 44.1 Å². The van der Waals surface area contributed by atoms with Crippen LogP contribution in [0.1, 0.15) is 22.7 Å². The number of hydrogen-bond acceptors (Lipinski definition) is 5. The number of nitrogens with zero attached hydrogens (tertiary/aromatic N) is 2. The van der Waals surface area contributed by atoms with E-state index in [1.54, 1.807) is 19.1 Å². The lowest BCUT2D eigenvalue weighted by Crippen LogP contribution is -2.48. The van der Waals surface area contributed by atoms with Gasteiger partial charge in [-0.05, 0) is 47.4 Å². The van der Waals surface area contributed by atoms with Crippen LogP contribution in [0.2, 0.25) is 0 Å². The number of benzene rings is 3. The number of rotatable bonds is 5. The van der Waals surface area contributed by atoms with Crippen molar-refractivity contribution >= 4 is 23.2 Å². The van der Waals surface area contributed by atoms with Gasteiger partial charge in [-0.1, -0.05) is 42.5 Å². The van der Waals surface area contributed by atoms with E-state index in [0.717, 1.165) is 23.2 Å². The molecule has 2 aliphatic heterocycles. The molecule has 2 amide bonds. The molecule has 2 aliphatic rings. The van der Waals surface area contributed by atoms with Crippen LogP contribution in [-0.2, 0) is 16.0 Å². The molecule has 3 aromatic rings. The zero-order valence-corrected chi connectivity index (χ0v) is 19.3. The van der Waals surface area contributed by atoms with Crippen LogP contribution in [0, 0.1) is 0 Å². The van der Waals surface area contributed by atoms with Gasteiger partial charge in [0, 0.05) is 6.54 Å². The van der Waals surface area contributed by atoms with Crippen molar-refractivity contribution in [3.8, 4) is 11.5 Å². The molecule has 0 spiro atoms. The third-order valence-electron chi connectivity index (χ3n) is 6.50. The second-order valence-electron chi connectivity index (χ2n) is 8.48. The SMILES string of the molecule is COc1cc2c(cc1OC)C(c1ccccc1)N(CC(=O)N1CC(=O)Nc3ccccc31)CC2. The Morgan fingerprint density at radius 3 is 2.47 bits per heavy atom. The summed E-state index contributed by atoms with van der Waals surface area (Å²) in [5.41, 5.74) is 4.76. The molecule has 3 aromatic carbocycles. The Hall–Kier alpha value is -3.84. The zero-order valence-electron chi connectivity index (χ0n) is 19.3. The molecule has 1 unspecified atom stereocenters. The fourth-order valence-electron chi connectivity index (χ4n) is 4.91. The molecule has 0 aliphatic carbocycles. The van der Waals surface area contributed by atoms with Gasteiger partial charge >= 0.3 is 0 Å². The molecule has 34 heavy (non-hydrogen) atoms. The largest absolute Gasteiger partial charge is 0.493 e. The summed E-state index contributed by atoms with van der Waals surface area (Å²) >= 11 is 0. The summed E-state index contributed by atoms with van der Waals surface area (Å²) < 4.78 is 11.1. The predicted octanol–water partition coefficient (Wildman–Crippen LogP) is 3.64. The molecule has 0 fully saturated rings. The molecule has 2 heterocycles. The maximum Gasteiger partial charge on any atom is 0.244 e. The van der Waals surface area contributed by atoms with E-state index in [1.165, 1.54) is 5.56 Å². The normalized spacial score (nSPS) is 17.4. The van der Waals surface area contributed by atoms with Crippen LogP contribution < -0.4 is 19.7 Å². The number of para-hydroxylation sites is 2. The average Bonchev–Trinajstić information content (AvgIpc) is 2.87. The fourth-order valence-corrected chi connectivity index (χ4v) is 4.91. The smallest absolute Gasteiger partial charge is 0.244 e. The first-order valence-electron chi connectivity index (χ1n) is 11.3. The quantitative estimate of drug-likeness (QED) is 0.634. The lowest BCUT2D eigenvalue weighted by atomic mass is 9.87. The lowest BCUT2D eigenvalue weighted by Gasteiger charge is -2.39. The topological polar surface area (TPSA) is 71.1 Å². The summed E-state index contributed by atoms with van der Waals surface area (Å²) in [6.07, 6.45) is 0.781. The van der Waals surface area contributed by atoms with Gasteiger partial charge in [-0.3, -0.25) is 19.4 Å². The number of methoxy groups -OCH3 is 2. The fraction of sp³-hybridized carbons (Fsp3) is 0.259. The summed E-state index contributed by atoms with van der Waals surface area (Å²) in [6.45, 7) is 0.908. The zero-order chi connectivity index (χ0) is 23.7. The minimum atomic E-state index is -0.188. The first kappa shape index (κ1) is 22.0. The average molecular weight is 458 g/mol. The number of carbonyl (C=O) groups excluding carboxylic acids is 2. The maximum absolute atomic E-state index is 13.5. The Bertz CT molecular complexity index is 1230. The predicted molar refractivity (Wildman–Crippen MR) is 131 cm³/mol. The molecule has 5 rings (SSSR count). The number of fused-ring (bicyclic) bond motifs is 2. The Morgan fingerprint density at radius 2 is 1.71 bits per heavy atom. The molecular weight excluding hydrogens is 430 g/mol. The van der Waals surface area contributed by atoms with Crippen molar-refractivity contribution < 1.29 is 19.1 Å². The number of nitrogens with one attached hydrogen (secondary N) is 1. The van der Waals surface area contributed by atoms with Crippen LogP contribution in [-0.4, -0.2) is 50.6 Å². The van der Waals surface area contributed by atoms with Crippen molar-refractivity contribution in [1.82, 2.24) is 4.90 Å². The molecule has 1 N–H and O–H groups in total.